The number of carbonyl (C=O) groups is 1. The first-order chi connectivity index (χ1) is 12.3. The minimum atomic E-state index is -0.261. The second kappa shape index (κ2) is 7.29. The number of halogens is 2. The van der Waals surface area contributed by atoms with E-state index in [1.807, 2.05) is 24.3 Å². The number of carbonyl (C=O) groups excluding carboxylic acids is 1. The quantitative estimate of drug-likeness (QED) is 0.696. The summed E-state index contributed by atoms with van der Waals surface area (Å²) < 4.78 is 0. The Bertz CT molecular complexity index is 831. The molecule has 2 aromatic rings. The molecule has 0 spiro atoms. The number of benzene rings is 2. The maximum atomic E-state index is 12.7. The fraction of sp³-hybridized carbons (Fsp3) is 0.300. The number of hydrogen-bond donors (Lipinski definition) is 1. The summed E-state index contributed by atoms with van der Waals surface area (Å²) in [5, 5.41) is 10.3. The Morgan fingerprint density at radius 1 is 1.08 bits per heavy atom. The standard InChI is InChI=1S/C20H21Cl2N3O/c1-13(2)20(3)12-25(19(26)23-17-10-8-16(22)9-11-17)24-18(20)14-4-6-15(21)7-5-14/h4-11,13H,12H2,1-3H3,(H,23,26). The van der Waals surface area contributed by atoms with Gasteiger partial charge in [0.2, 0.25) is 0 Å². The lowest BCUT2D eigenvalue weighted by Gasteiger charge is -2.30. The molecule has 1 aliphatic rings. The van der Waals surface area contributed by atoms with E-state index in [1.165, 1.54) is 5.01 Å². The number of hydrazone groups is 1. The summed E-state index contributed by atoms with van der Waals surface area (Å²) in [5.41, 5.74) is 2.31. The minimum Gasteiger partial charge on any atom is -0.306 e. The highest BCUT2D eigenvalue weighted by molar-refractivity contribution is 6.31. The Kier molecular flexibility index (Phi) is 5.26. The third-order valence-electron chi connectivity index (χ3n) is 4.96. The van der Waals surface area contributed by atoms with Gasteiger partial charge >= 0.3 is 6.03 Å². The van der Waals surface area contributed by atoms with Gasteiger partial charge in [0.1, 0.15) is 0 Å². The number of rotatable bonds is 3. The molecule has 4 nitrogen and oxygen atoms in total. The van der Waals surface area contributed by atoms with Gasteiger partial charge in [-0.3, -0.25) is 0 Å². The first-order valence-corrected chi connectivity index (χ1v) is 9.24. The molecule has 1 atom stereocenters. The summed E-state index contributed by atoms with van der Waals surface area (Å²) in [7, 11) is 0. The largest absolute Gasteiger partial charge is 0.342 e. The van der Waals surface area contributed by atoms with Gasteiger partial charge in [0.15, 0.2) is 0 Å². The first-order valence-electron chi connectivity index (χ1n) is 8.49. The van der Waals surface area contributed by atoms with Crippen LogP contribution in [0.4, 0.5) is 10.5 Å². The van der Waals surface area contributed by atoms with E-state index in [0.29, 0.717) is 28.2 Å². The topological polar surface area (TPSA) is 44.7 Å². The van der Waals surface area contributed by atoms with Crippen LogP contribution in [0.15, 0.2) is 53.6 Å². The molecule has 1 aliphatic heterocycles. The average molecular weight is 390 g/mol. The maximum Gasteiger partial charge on any atom is 0.342 e. The Hall–Kier alpha value is -2.04. The van der Waals surface area contributed by atoms with Gasteiger partial charge in [-0.05, 0) is 47.9 Å². The zero-order chi connectivity index (χ0) is 18.9. The molecule has 26 heavy (non-hydrogen) atoms. The van der Waals surface area contributed by atoms with E-state index in [-0.39, 0.29) is 11.4 Å². The molecule has 0 saturated heterocycles. The van der Waals surface area contributed by atoms with Crippen molar-refractivity contribution in [3.8, 4) is 0 Å². The average Bonchev–Trinajstić information content (AvgIpc) is 2.97. The lowest BCUT2D eigenvalue weighted by atomic mass is 9.73. The van der Waals surface area contributed by atoms with Crippen molar-refractivity contribution < 1.29 is 4.79 Å². The second-order valence-corrected chi connectivity index (χ2v) is 7.90. The van der Waals surface area contributed by atoms with Gasteiger partial charge in [0.25, 0.3) is 0 Å². The highest BCUT2D eigenvalue weighted by atomic mass is 35.5. The van der Waals surface area contributed by atoms with E-state index in [0.717, 1.165) is 11.3 Å². The first kappa shape index (κ1) is 18.7. The lowest BCUT2D eigenvalue weighted by Crippen LogP contribution is -2.39. The number of anilines is 1. The number of hydrogen-bond acceptors (Lipinski definition) is 2. The smallest absolute Gasteiger partial charge is 0.306 e. The van der Waals surface area contributed by atoms with Crippen LogP contribution in [-0.4, -0.2) is 23.3 Å². The van der Waals surface area contributed by atoms with Crippen LogP contribution in [0.3, 0.4) is 0 Å². The van der Waals surface area contributed by atoms with Gasteiger partial charge in [0.05, 0.1) is 12.3 Å². The summed E-state index contributed by atoms with van der Waals surface area (Å²) in [6.45, 7) is 6.95. The van der Waals surface area contributed by atoms with E-state index in [2.05, 4.69) is 31.2 Å². The van der Waals surface area contributed by atoms with Crippen LogP contribution in [-0.2, 0) is 0 Å². The van der Waals surface area contributed by atoms with Gasteiger partial charge in [-0.2, -0.15) is 5.10 Å². The van der Waals surface area contributed by atoms with Crippen LogP contribution in [0.2, 0.25) is 10.0 Å². The normalized spacial score (nSPS) is 19.6. The Morgan fingerprint density at radius 3 is 2.15 bits per heavy atom. The molecule has 136 valence electrons. The molecular weight excluding hydrogens is 369 g/mol. The van der Waals surface area contributed by atoms with E-state index in [1.54, 1.807) is 24.3 Å². The summed E-state index contributed by atoms with van der Waals surface area (Å²) in [6, 6.07) is 14.3. The predicted octanol–water partition coefficient (Wildman–Crippen LogP) is 5.91. The van der Waals surface area contributed by atoms with Gasteiger partial charge in [0, 0.05) is 21.1 Å². The van der Waals surface area contributed by atoms with Crippen molar-refractivity contribution in [3.05, 3.63) is 64.1 Å². The fourth-order valence-electron chi connectivity index (χ4n) is 2.95. The highest BCUT2D eigenvalue weighted by Gasteiger charge is 2.43. The predicted molar refractivity (Wildman–Crippen MR) is 108 cm³/mol. The van der Waals surface area contributed by atoms with E-state index in [4.69, 9.17) is 23.2 Å². The third-order valence-corrected chi connectivity index (χ3v) is 5.47. The molecule has 0 aliphatic carbocycles. The Morgan fingerprint density at radius 2 is 1.62 bits per heavy atom. The van der Waals surface area contributed by atoms with Crippen molar-refractivity contribution >= 4 is 40.6 Å². The molecule has 0 radical (unpaired) electrons. The van der Waals surface area contributed by atoms with E-state index >= 15 is 0 Å². The summed E-state index contributed by atoms with van der Waals surface area (Å²) in [5.74, 6) is 0.310. The summed E-state index contributed by atoms with van der Waals surface area (Å²) in [4.78, 5) is 12.7. The number of nitrogens with one attached hydrogen (secondary N) is 1. The van der Waals surface area contributed by atoms with Crippen molar-refractivity contribution in [1.82, 2.24) is 5.01 Å². The van der Waals surface area contributed by atoms with Gasteiger partial charge in [-0.25, -0.2) is 9.80 Å². The van der Waals surface area contributed by atoms with Gasteiger partial charge < -0.3 is 5.32 Å². The Labute approximate surface area is 163 Å². The van der Waals surface area contributed by atoms with E-state index in [9.17, 15) is 4.79 Å². The maximum absolute atomic E-state index is 12.7. The molecule has 1 unspecified atom stereocenters. The number of nitrogens with zero attached hydrogens (tertiary/aromatic N) is 2. The third kappa shape index (κ3) is 3.71. The zero-order valence-electron chi connectivity index (χ0n) is 15.0. The van der Waals surface area contributed by atoms with Crippen LogP contribution >= 0.6 is 23.2 Å². The van der Waals surface area contributed by atoms with Crippen molar-refractivity contribution in [2.75, 3.05) is 11.9 Å². The van der Waals surface area contributed by atoms with Crippen molar-refractivity contribution in [1.29, 1.82) is 0 Å². The molecule has 1 heterocycles. The monoisotopic (exact) mass is 389 g/mol. The number of amides is 2. The summed E-state index contributed by atoms with van der Waals surface area (Å²) in [6.07, 6.45) is 0. The lowest BCUT2D eigenvalue weighted by molar-refractivity contribution is 0.198. The van der Waals surface area contributed by atoms with Gasteiger partial charge in [-0.15, -0.1) is 0 Å². The Balaban J connectivity index is 1.87. The van der Waals surface area contributed by atoms with Crippen molar-refractivity contribution in [2.24, 2.45) is 16.4 Å². The van der Waals surface area contributed by atoms with Crippen molar-refractivity contribution in [3.63, 3.8) is 0 Å². The van der Waals surface area contributed by atoms with Crippen LogP contribution in [0.1, 0.15) is 26.3 Å². The molecule has 0 bridgehead atoms. The molecule has 0 saturated carbocycles. The molecule has 1 N–H and O–H groups in total. The molecule has 2 aromatic carbocycles. The van der Waals surface area contributed by atoms with Crippen LogP contribution in [0.5, 0.6) is 0 Å². The molecule has 0 aromatic heterocycles. The fourth-order valence-corrected chi connectivity index (χ4v) is 3.20. The van der Waals surface area contributed by atoms with Crippen LogP contribution in [0.25, 0.3) is 0 Å². The molecule has 3 rings (SSSR count). The van der Waals surface area contributed by atoms with Gasteiger partial charge in [-0.1, -0.05) is 56.1 Å². The molecular formula is C20H21Cl2N3O. The second-order valence-electron chi connectivity index (χ2n) is 7.02. The zero-order valence-corrected chi connectivity index (χ0v) is 16.5. The highest BCUT2D eigenvalue weighted by Crippen LogP contribution is 2.38. The van der Waals surface area contributed by atoms with Crippen LogP contribution < -0.4 is 5.32 Å². The molecule has 2 amide bonds. The van der Waals surface area contributed by atoms with Crippen molar-refractivity contribution in [2.45, 2.75) is 20.8 Å². The van der Waals surface area contributed by atoms with E-state index < -0.39 is 0 Å². The molecule has 6 heteroatoms. The molecule has 0 fully saturated rings. The minimum absolute atomic E-state index is 0.245. The SMILES string of the molecule is CC(C)C1(C)CN(C(=O)Nc2ccc(Cl)cc2)N=C1c1ccc(Cl)cc1. The summed E-state index contributed by atoms with van der Waals surface area (Å²) >= 11 is 11.9. The van der Waals surface area contributed by atoms with Crippen LogP contribution in [0, 0.1) is 11.3 Å². The number of urea groups is 1.